The molecule has 1 aliphatic heterocycles. The lowest BCUT2D eigenvalue weighted by molar-refractivity contribution is 0.431. The van der Waals surface area contributed by atoms with E-state index in [1.165, 1.54) is 0 Å². The molecule has 2 rings (SSSR count). The molecular weight excluding hydrogens is 308 g/mol. The Balaban J connectivity index is 0.00000220. The van der Waals surface area contributed by atoms with Crippen molar-refractivity contribution in [3.8, 4) is 0 Å². The van der Waals surface area contributed by atoms with Crippen LogP contribution in [-0.2, 0) is 10.0 Å². The van der Waals surface area contributed by atoms with Gasteiger partial charge in [0.1, 0.15) is 0 Å². The Bertz CT molecular complexity index is 580. The fourth-order valence-corrected chi connectivity index (χ4v) is 4.81. The van der Waals surface area contributed by atoms with E-state index >= 15 is 0 Å². The molecule has 1 saturated heterocycles. The molecule has 0 unspecified atom stereocenters. The van der Waals surface area contributed by atoms with Gasteiger partial charge in [0.05, 0.1) is 4.90 Å². The smallest absolute Gasteiger partial charge is 0.243 e. The number of benzene rings is 1. The van der Waals surface area contributed by atoms with Gasteiger partial charge in [-0.2, -0.15) is 4.31 Å². The Labute approximate surface area is 134 Å². The van der Waals surface area contributed by atoms with Crippen LogP contribution in [0, 0.1) is 27.7 Å². The van der Waals surface area contributed by atoms with Crippen molar-refractivity contribution in [2.75, 3.05) is 26.2 Å². The number of sulfonamides is 1. The molecule has 0 spiro atoms. The maximum absolute atomic E-state index is 13.0. The lowest BCUT2D eigenvalue weighted by Gasteiger charge is -2.23. The maximum atomic E-state index is 13.0. The highest BCUT2D eigenvalue weighted by molar-refractivity contribution is 7.89. The molecule has 1 fully saturated rings. The van der Waals surface area contributed by atoms with Crippen LogP contribution in [0.4, 0.5) is 0 Å². The zero-order chi connectivity index (χ0) is 14.9. The van der Waals surface area contributed by atoms with E-state index in [2.05, 4.69) is 11.4 Å². The molecule has 0 aliphatic carbocycles. The summed E-state index contributed by atoms with van der Waals surface area (Å²) in [7, 11) is -3.40. The summed E-state index contributed by atoms with van der Waals surface area (Å²) in [5.41, 5.74) is 3.84. The van der Waals surface area contributed by atoms with Crippen LogP contribution in [-0.4, -0.2) is 38.9 Å². The monoisotopic (exact) mass is 332 g/mol. The van der Waals surface area contributed by atoms with Gasteiger partial charge in [0, 0.05) is 19.6 Å². The number of hydrogen-bond donors (Lipinski definition) is 1. The minimum atomic E-state index is -3.40. The van der Waals surface area contributed by atoms with Gasteiger partial charge in [-0.1, -0.05) is 6.07 Å². The second-order valence-corrected chi connectivity index (χ2v) is 7.47. The first-order valence-corrected chi connectivity index (χ1v) is 8.58. The van der Waals surface area contributed by atoms with Crippen molar-refractivity contribution in [1.29, 1.82) is 0 Å². The molecule has 1 heterocycles. The zero-order valence-corrected chi connectivity index (χ0v) is 14.8. The molecule has 0 radical (unpaired) electrons. The third-order valence-electron chi connectivity index (χ3n) is 4.19. The Kier molecular flexibility index (Phi) is 6.23. The lowest BCUT2D eigenvalue weighted by Crippen LogP contribution is -2.35. The van der Waals surface area contributed by atoms with Crippen LogP contribution in [0.5, 0.6) is 0 Å². The largest absolute Gasteiger partial charge is 0.315 e. The van der Waals surface area contributed by atoms with Gasteiger partial charge in [-0.05, 0) is 62.9 Å². The second kappa shape index (κ2) is 7.09. The number of aryl methyl sites for hydroxylation is 2. The van der Waals surface area contributed by atoms with Crippen molar-refractivity contribution < 1.29 is 8.42 Å². The van der Waals surface area contributed by atoms with Gasteiger partial charge in [-0.25, -0.2) is 8.42 Å². The van der Waals surface area contributed by atoms with Crippen molar-refractivity contribution in [3.63, 3.8) is 0 Å². The Hall–Kier alpha value is -0.620. The highest BCUT2D eigenvalue weighted by atomic mass is 35.5. The molecule has 1 aliphatic rings. The van der Waals surface area contributed by atoms with Gasteiger partial charge in [0.25, 0.3) is 0 Å². The average molecular weight is 333 g/mol. The highest BCUT2D eigenvalue weighted by Gasteiger charge is 2.29. The Morgan fingerprint density at radius 2 is 1.57 bits per heavy atom. The fraction of sp³-hybridized carbons (Fsp3) is 0.600. The molecule has 0 aromatic heterocycles. The predicted octanol–water partition coefficient (Wildman–Crippen LogP) is 2.33. The van der Waals surface area contributed by atoms with Crippen molar-refractivity contribution in [2.24, 2.45) is 0 Å². The summed E-state index contributed by atoms with van der Waals surface area (Å²) >= 11 is 0. The van der Waals surface area contributed by atoms with E-state index < -0.39 is 10.0 Å². The summed E-state index contributed by atoms with van der Waals surface area (Å²) in [4.78, 5) is 0.511. The van der Waals surface area contributed by atoms with Crippen LogP contribution in [0.1, 0.15) is 28.7 Å². The average Bonchev–Trinajstić information content (AvgIpc) is 2.65. The number of hydrogen-bond acceptors (Lipinski definition) is 3. The molecule has 1 aromatic rings. The minimum absolute atomic E-state index is 0. The lowest BCUT2D eigenvalue weighted by atomic mass is 10.0. The van der Waals surface area contributed by atoms with Crippen LogP contribution in [0.25, 0.3) is 0 Å². The van der Waals surface area contributed by atoms with Gasteiger partial charge < -0.3 is 5.32 Å². The number of nitrogens with zero attached hydrogens (tertiary/aromatic N) is 1. The molecule has 6 heteroatoms. The van der Waals surface area contributed by atoms with E-state index in [1.807, 2.05) is 27.7 Å². The molecule has 0 saturated carbocycles. The van der Waals surface area contributed by atoms with Gasteiger partial charge in [-0.15, -0.1) is 12.4 Å². The molecule has 1 aromatic carbocycles. The standard InChI is InChI=1S/C15H24N2O2S.ClH/c1-11-10-12(2)14(4)15(13(11)3)20(18,19)17-8-5-6-16-7-9-17;/h10,16H,5-9H2,1-4H3;1H. The summed E-state index contributed by atoms with van der Waals surface area (Å²) in [6.07, 6.45) is 0.863. The molecule has 0 amide bonds. The summed E-state index contributed by atoms with van der Waals surface area (Å²) in [6.45, 7) is 10.5. The predicted molar refractivity (Wildman–Crippen MR) is 88.9 cm³/mol. The van der Waals surface area contributed by atoms with E-state index in [0.29, 0.717) is 18.0 Å². The molecular formula is C15H25ClN2O2S. The normalized spacial score (nSPS) is 17.1. The van der Waals surface area contributed by atoms with E-state index in [9.17, 15) is 8.42 Å². The number of rotatable bonds is 2. The third kappa shape index (κ3) is 3.59. The molecule has 4 nitrogen and oxygen atoms in total. The summed E-state index contributed by atoms with van der Waals surface area (Å²) < 4.78 is 27.6. The molecule has 1 N–H and O–H groups in total. The van der Waals surface area contributed by atoms with Crippen molar-refractivity contribution in [2.45, 2.75) is 39.0 Å². The Morgan fingerprint density at radius 3 is 2.14 bits per heavy atom. The van der Waals surface area contributed by atoms with Crippen LogP contribution in [0.2, 0.25) is 0 Å². The van der Waals surface area contributed by atoms with Crippen LogP contribution in [0.15, 0.2) is 11.0 Å². The van der Waals surface area contributed by atoms with Crippen molar-refractivity contribution >= 4 is 22.4 Å². The summed E-state index contributed by atoms with van der Waals surface area (Å²) in [5, 5.41) is 3.25. The quantitative estimate of drug-likeness (QED) is 0.904. The first-order chi connectivity index (χ1) is 9.35. The maximum Gasteiger partial charge on any atom is 0.243 e. The number of nitrogens with one attached hydrogen (secondary N) is 1. The van der Waals surface area contributed by atoms with Crippen LogP contribution in [0.3, 0.4) is 0 Å². The SMILES string of the molecule is Cc1cc(C)c(C)c(S(=O)(=O)N2CCCNCC2)c1C.Cl. The third-order valence-corrected chi connectivity index (χ3v) is 6.37. The molecule has 120 valence electrons. The highest BCUT2D eigenvalue weighted by Crippen LogP contribution is 2.28. The topological polar surface area (TPSA) is 49.4 Å². The van der Waals surface area contributed by atoms with Crippen LogP contribution >= 0.6 is 12.4 Å². The minimum Gasteiger partial charge on any atom is -0.315 e. The van der Waals surface area contributed by atoms with Gasteiger partial charge in [-0.3, -0.25) is 0 Å². The van der Waals surface area contributed by atoms with Gasteiger partial charge >= 0.3 is 0 Å². The molecule has 0 bridgehead atoms. The summed E-state index contributed by atoms with van der Waals surface area (Å²) in [5.74, 6) is 0. The van der Waals surface area contributed by atoms with E-state index in [-0.39, 0.29) is 12.4 Å². The second-order valence-electron chi connectivity index (χ2n) is 5.60. The fourth-order valence-electron chi connectivity index (χ4n) is 2.76. The first kappa shape index (κ1) is 18.4. The summed E-state index contributed by atoms with van der Waals surface area (Å²) in [6, 6.07) is 2.06. The van der Waals surface area contributed by atoms with Crippen molar-refractivity contribution in [3.05, 3.63) is 28.3 Å². The number of halogens is 1. The molecule has 0 atom stereocenters. The van der Waals surface area contributed by atoms with Crippen molar-refractivity contribution in [1.82, 2.24) is 9.62 Å². The Morgan fingerprint density at radius 1 is 1.00 bits per heavy atom. The van der Waals surface area contributed by atoms with Gasteiger partial charge in [0.15, 0.2) is 0 Å². The van der Waals surface area contributed by atoms with Crippen LogP contribution < -0.4 is 5.32 Å². The zero-order valence-electron chi connectivity index (χ0n) is 13.2. The van der Waals surface area contributed by atoms with E-state index in [0.717, 1.165) is 41.8 Å². The van der Waals surface area contributed by atoms with E-state index in [4.69, 9.17) is 0 Å². The first-order valence-electron chi connectivity index (χ1n) is 7.14. The molecule has 21 heavy (non-hydrogen) atoms. The van der Waals surface area contributed by atoms with Gasteiger partial charge in [0.2, 0.25) is 10.0 Å². The van der Waals surface area contributed by atoms with E-state index in [1.54, 1.807) is 4.31 Å².